The van der Waals surface area contributed by atoms with Crippen LogP contribution in [0.4, 0.5) is 4.39 Å². The molecular formula is C8H5ClFN3. The lowest BCUT2D eigenvalue weighted by Gasteiger charge is -2.02. The first-order valence-corrected chi connectivity index (χ1v) is 3.97. The minimum absolute atomic E-state index is 0.144. The third kappa shape index (κ3) is 1.40. The van der Waals surface area contributed by atoms with Gasteiger partial charge in [0.05, 0.1) is 5.69 Å². The predicted molar refractivity (Wildman–Crippen MR) is 46.3 cm³/mol. The van der Waals surface area contributed by atoms with Crippen molar-refractivity contribution in [2.24, 2.45) is 0 Å². The lowest BCUT2D eigenvalue weighted by molar-refractivity contribution is 0.618. The Labute approximate surface area is 78.8 Å². The molecule has 0 aliphatic rings. The molecule has 0 aliphatic carbocycles. The molecule has 0 saturated carbocycles. The van der Waals surface area contributed by atoms with Gasteiger partial charge in [0.1, 0.15) is 12.1 Å². The molecule has 0 spiro atoms. The quantitative estimate of drug-likeness (QED) is 0.701. The van der Waals surface area contributed by atoms with Gasteiger partial charge in [0.25, 0.3) is 0 Å². The molecule has 0 bridgehead atoms. The third-order valence-corrected chi connectivity index (χ3v) is 1.88. The number of hydrogen-bond acceptors (Lipinski definition) is 2. The lowest BCUT2D eigenvalue weighted by Crippen LogP contribution is -1.95. The molecule has 0 atom stereocenters. The van der Waals surface area contributed by atoms with E-state index in [-0.39, 0.29) is 11.1 Å². The Balaban J connectivity index is 2.59. The summed E-state index contributed by atoms with van der Waals surface area (Å²) >= 11 is 5.67. The molecule has 0 fully saturated rings. The van der Waals surface area contributed by atoms with Crippen molar-refractivity contribution in [3.8, 4) is 5.69 Å². The molecule has 0 saturated heterocycles. The molecule has 2 rings (SSSR count). The minimum Gasteiger partial charge on any atom is -0.269 e. The molecule has 0 N–H and O–H groups in total. The average molecular weight is 198 g/mol. The summed E-state index contributed by atoms with van der Waals surface area (Å²) in [5.74, 6) is -0.357. The largest absolute Gasteiger partial charge is 0.269 e. The van der Waals surface area contributed by atoms with Gasteiger partial charge in [-0.1, -0.05) is 12.1 Å². The molecular weight excluding hydrogens is 193 g/mol. The van der Waals surface area contributed by atoms with E-state index in [0.717, 1.165) is 0 Å². The highest BCUT2D eigenvalue weighted by atomic mass is 35.5. The maximum Gasteiger partial charge on any atom is 0.229 e. The average Bonchev–Trinajstić information content (AvgIpc) is 2.52. The molecule has 13 heavy (non-hydrogen) atoms. The Kier molecular flexibility index (Phi) is 1.98. The van der Waals surface area contributed by atoms with Crippen LogP contribution in [-0.4, -0.2) is 14.8 Å². The van der Waals surface area contributed by atoms with E-state index in [9.17, 15) is 4.39 Å². The smallest absolute Gasteiger partial charge is 0.229 e. The highest BCUT2D eigenvalue weighted by Gasteiger charge is 2.06. The molecule has 1 aromatic carbocycles. The molecule has 1 aromatic heterocycles. The summed E-state index contributed by atoms with van der Waals surface area (Å²) < 4.78 is 14.6. The first-order valence-electron chi connectivity index (χ1n) is 3.59. The molecule has 5 heteroatoms. The molecule has 2 aromatic rings. The van der Waals surface area contributed by atoms with Gasteiger partial charge in [-0.15, -0.1) is 10.2 Å². The van der Waals surface area contributed by atoms with Crippen LogP contribution in [0.2, 0.25) is 5.28 Å². The van der Waals surface area contributed by atoms with E-state index < -0.39 is 0 Å². The second-order valence-electron chi connectivity index (χ2n) is 2.42. The van der Waals surface area contributed by atoms with Gasteiger partial charge in [-0.05, 0) is 23.7 Å². The number of halogens is 2. The highest BCUT2D eigenvalue weighted by molar-refractivity contribution is 6.28. The number of aromatic nitrogens is 3. The van der Waals surface area contributed by atoms with Crippen LogP contribution in [0.15, 0.2) is 30.6 Å². The highest BCUT2D eigenvalue weighted by Crippen LogP contribution is 2.15. The second kappa shape index (κ2) is 3.14. The first kappa shape index (κ1) is 8.19. The first-order chi connectivity index (χ1) is 6.29. The van der Waals surface area contributed by atoms with Crippen LogP contribution in [0.25, 0.3) is 5.69 Å². The molecule has 0 radical (unpaired) electrons. The van der Waals surface area contributed by atoms with Crippen molar-refractivity contribution in [1.29, 1.82) is 0 Å². The minimum atomic E-state index is -0.357. The van der Waals surface area contributed by atoms with E-state index in [2.05, 4.69) is 10.2 Å². The Morgan fingerprint density at radius 3 is 2.69 bits per heavy atom. The zero-order valence-electron chi connectivity index (χ0n) is 6.48. The van der Waals surface area contributed by atoms with Crippen molar-refractivity contribution in [3.63, 3.8) is 0 Å². The monoisotopic (exact) mass is 197 g/mol. The summed E-state index contributed by atoms with van der Waals surface area (Å²) in [7, 11) is 0. The van der Waals surface area contributed by atoms with Gasteiger partial charge in [0.15, 0.2) is 0 Å². The summed E-state index contributed by atoms with van der Waals surface area (Å²) in [6, 6.07) is 6.28. The zero-order chi connectivity index (χ0) is 9.26. The van der Waals surface area contributed by atoms with Gasteiger partial charge in [0, 0.05) is 0 Å². The summed E-state index contributed by atoms with van der Waals surface area (Å²) in [6.45, 7) is 0. The van der Waals surface area contributed by atoms with Crippen molar-refractivity contribution < 1.29 is 4.39 Å². The Bertz CT molecular complexity index is 427. The van der Waals surface area contributed by atoms with E-state index in [4.69, 9.17) is 11.6 Å². The van der Waals surface area contributed by atoms with E-state index in [1.54, 1.807) is 18.2 Å². The molecule has 0 aliphatic heterocycles. The van der Waals surface area contributed by atoms with E-state index in [1.807, 2.05) is 0 Å². The number of nitrogens with zero attached hydrogens (tertiary/aromatic N) is 3. The van der Waals surface area contributed by atoms with Gasteiger partial charge >= 0.3 is 0 Å². The van der Waals surface area contributed by atoms with Crippen LogP contribution in [0.5, 0.6) is 0 Å². The normalized spacial score (nSPS) is 10.3. The Hall–Kier alpha value is -1.42. The maximum absolute atomic E-state index is 13.2. The van der Waals surface area contributed by atoms with Crippen LogP contribution in [0.3, 0.4) is 0 Å². The third-order valence-electron chi connectivity index (χ3n) is 1.62. The number of hydrogen-bond donors (Lipinski definition) is 0. The molecule has 1 heterocycles. The van der Waals surface area contributed by atoms with Crippen molar-refractivity contribution in [2.45, 2.75) is 0 Å². The zero-order valence-corrected chi connectivity index (χ0v) is 7.24. The van der Waals surface area contributed by atoms with Crippen molar-refractivity contribution in [1.82, 2.24) is 14.8 Å². The van der Waals surface area contributed by atoms with Crippen molar-refractivity contribution >= 4 is 11.6 Å². The summed E-state index contributed by atoms with van der Waals surface area (Å²) in [5, 5.41) is 7.24. The van der Waals surface area contributed by atoms with Crippen molar-refractivity contribution in [3.05, 3.63) is 41.7 Å². The molecule has 66 valence electrons. The summed E-state index contributed by atoms with van der Waals surface area (Å²) in [6.07, 6.45) is 1.36. The number of para-hydroxylation sites is 1. The fraction of sp³-hybridized carbons (Fsp3) is 0. The van der Waals surface area contributed by atoms with Crippen LogP contribution in [0.1, 0.15) is 0 Å². The van der Waals surface area contributed by atoms with Crippen LogP contribution < -0.4 is 0 Å². The summed E-state index contributed by atoms with van der Waals surface area (Å²) in [5.41, 5.74) is 0.345. The molecule has 0 amide bonds. The van der Waals surface area contributed by atoms with E-state index >= 15 is 0 Å². The van der Waals surface area contributed by atoms with E-state index in [0.29, 0.717) is 5.69 Å². The van der Waals surface area contributed by atoms with Gasteiger partial charge in [0.2, 0.25) is 5.28 Å². The summed E-state index contributed by atoms with van der Waals surface area (Å²) in [4.78, 5) is 0. The van der Waals surface area contributed by atoms with Gasteiger partial charge in [-0.3, -0.25) is 4.57 Å². The van der Waals surface area contributed by atoms with Gasteiger partial charge < -0.3 is 0 Å². The maximum atomic E-state index is 13.2. The topological polar surface area (TPSA) is 30.7 Å². The SMILES string of the molecule is Fc1ccccc1-n1cnnc1Cl. The van der Waals surface area contributed by atoms with Crippen molar-refractivity contribution in [2.75, 3.05) is 0 Å². The number of benzene rings is 1. The molecule has 3 nitrogen and oxygen atoms in total. The van der Waals surface area contributed by atoms with Crippen LogP contribution >= 0.6 is 11.6 Å². The van der Waals surface area contributed by atoms with Crippen LogP contribution in [0, 0.1) is 5.82 Å². The van der Waals surface area contributed by atoms with E-state index in [1.165, 1.54) is 17.0 Å². The fourth-order valence-electron chi connectivity index (χ4n) is 1.03. The second-order valence-corrected chi connectivity index (χ2v) is 2.76. The fourth-order valence-corrected chi connectivity index (χ4v) is 1.21. The van der Waals surface area contributed by atoms with Gasteiger partial charge in [-0.2, -0.15) is 0 Å². The van der Waals surface area contributed by atoms with Crippen LogP contribution in [-0.2, 0) is 0 Å². The predicted octanol–water partition coefficient (Wildman–Crippen LogP) is 2.06. The lowest BCUT2D eigenvalue weighted by atomic mass is 10.3. The standard InChI is InChI=1S/C8H5ClFN3/c9-8-12-11-5-13(8)7-4-2-1-3-6(7)10/h1-5H. The Morgan fingerprint density at radius 1 is 1.31 bits per heavy atom. The molecule has 0 unspecified atom stereocenters. The Morgan fingerprint density at radius 2 is 2.08 bits per heavy atom. The number of rotatable bonds is 1. The van der Waals surface area contributed by atoms with Gasteiger partial charge in [-0.25, -0.2) is 4.39 Å².